The lowest BCUT2D eigenvalue weighted by Crippen LogP contribution is -2.18. The van der Waals surface area contributed by atoms with Gasteiger partial charge in [0.2, 0.25) is 12.1 Å². The van der Waals surface area contributed by atoms with E-state index in [4.69, 9.17) is 4.74 Å². The Labute approximate surface area is 197 Å². The van der Waals surface area contributed by atoms with Crippen molar-refractivity contribution in [3.8, 4) is 11.6 Å². The van der Waals surface area contributed by atoms with Crippen LogP contribution in [-0.2, 0) is 13.2 Å². The molecule has 3 heterocycles. The molecule has 1 amide bonds. The highest BCUT2D eigenvalue weighted by atomic mass is 19.4. The van der Waals surface area contributed by atoms with E-state index < -0.39 is 17.9 Å². The highest BCUT2D eigenvalue weighted by molar-refractivity contribution is 5.98. The molecule has 0 aliphatic heterocycles. The molecule has 0 unspecified atom stereocenters. The molecular weight excluding hydrogens is 467 g/mol. The lowest BCUT2D eigenvalue weighted by atomic mass is 10.2. The van der Waals surface area contributed by atoms with Gasteiger partial charge in [0, 0.05) is 30.8 Å². The summed E-state index contributed by atoms with van der Waals surface area (Å²) in [7, 11) is 2.58. The van der Waals surface area contributed by atoms with Gasteiger partial charge in [-0.25, -0.2) is 14.8 Å². The fourth-order valence-electron chi connectivity index (χ4n) is 3.12. The molecule has 0 radical (unpaired) electrons. The minimum absolute atomic E-state index is 0.221. The molecule has 13 heteroatoms. The summed E-state index contributed by atoms with van der Waals surface area (Å²) in [4.78, 5) is 20.6. The molecule has 0 fully saturated rings. The van der Waals surface area contributed by atoms with Gasteiger partial charge in [-0.05, 0) is 29.0 Å². The number of hydroxylamine groups is 1. The van der Waals surface area contributed by atoms with Crippen LogP contribution in [0.3, 0.4) is 0 Å². The molecule has 0 aliphatic rings. The summed E-state index contributed by atoms with van der Waals surface area (Å²) in [5.41, 5.74) is -0.0457. The van der Waals surface area contributed by atoms with Crippen molar-refractivity contribution in [1.29, 1.82) is 0 Å². The van der Waals surface area contributed by atoms with Gasteiger partial charge >= 0.3 is 12.2 Å². The van der Waals surface area contributed by atoms with E-state index in [9.17, 15) is 23.2 Å². The number of carbonyl (C=O) groups is 1. The molecular formula is C22H23F3N7O3+. The van der Waals surface area contributed by atoms with E-state index in [0.717, 1.165) is 17.9 Å². The molecule has 0 atom stereocenters. The molecule has 4 rings (SSSR count). The van der Waals surface area contributed by atoms with E-state index in [2.05, 4.69) is 20.4 Å². The number of nitrogens with one attached hydrogen (secondary N) is 1. The van der Waals surface area contributed by atoms with Crippen LogP contribution in [0, 0.1) is 0 Å². The van der Waals surface area contributed by atoms with Crippen molar-refractivity contribution in [3.63, 3.8) is 0 Å². The van der Waals surface area contributed by atoms with E-state index in [0.29, 0.717) is 27.0 Å². The number of hydrogen-bond acceptors (Lipinski definition) is 6. The van der Waals surface area contributed by atoms with Crippen LogP contribution >= 0.6 is 0 Å². The average Bonchev–Trinajstić information content (AvgIpc) is 3.37. The molecule has 35 heavy (non-hydrogen) atoms. The third-order valence-electron chi connectivity index (χ3n) is 4.49. The third-order valence-corrected chi connectivity index (χ3v) is 4.49. The molecule has 0 saturated heterocycles. The van der Waals surface area contributed by atoms with Crippen molar-refractivity contribution in [2.24, 2.45) is 7.05 Å². The highest BCUT2D eigenvalue weighted by Crippen LogP contribution is 2.30. The second kappa shape index (κ2) is 10.2. The summed E-state index contributed by atoms with van der Waals surface area (Å²) in [6.45, 7) is 4.00. The lowest BCUT2D eigenvalue weighted by Gasteiger charge is -2.07. The number of aromatic nitrogens is 5. The molecule has 0 spiro atoms. The third kappa shape index (κ3) is 5.93. The minimum Gasteiger partial charge on any atom is -0.439 e. The first kappa shape index (κ1) is 25.2. The number of rotatable bonds is 4. The summed E-state index contributed by atoms with van der Waals surface area (Å²) in [6.07, 6.45) is -0.453. The Balaban J connectivity index is 0.00000167. The van der Waals surface area contributed by atoms with Crippen molar-refractivity contribution in [3.05, 3.63) is 60.3 Å². The Morgan fingerprint density at radius 3 is 2.57 bits per heavy atom. The summed E-state index contributed by atoms with van der Waals surface area (Å²) in [5.74, 6) is 0.453. The van der Waals surface area contributed by atoms with Crippen LogP contribution in [0.1, 0.15) is 25.2 Å². The fraction of sp³-hybridized carbons (Fsp3) is 0.227. The van der Waals surface area contributed by atoms with E-state index in [1.807, 2.05) is 13.8 Å². The first-order valence-electron chi connectivity index (χ1n) is 10.4. The normalized spacial score (nSPS) is 11.7. The highest BCUT2D eigenvalue weighted by Gasteiger charge is 2.35. The molecule has 0 aliphatic carbocycles. The maximum atomic E-state index is 12.9. The summed E-state index contributed by atoms with van der Waals surface area (Å²) >= 11 is 0. The van der Waals surface area contributed by atoms with Gasteiger partial charge in [0.05, 0.1) is 5.52 Å². The topological polar surface area (TPSA) is 110 Å². The number of carbonyl (C=O) groups excluding carboxylic acids is 1. The van der Waals surface area contributed by atoms with Crippen molar-refractivity contribution >= 4 is 29.0 Å². The second-order valence-corrected chi connectivity index (χ2v) is 6.96. The molecule has 4 aromatic rings. The lowest BCUT2D eigenvalue weighted by molar-refractivity contribution is -0.751. The molecule has 3 aromatic heterocycles. The zero-order valence-corrected chi connectivity index (χ0v) is 19.3. The number of nitrogens with zero attached hydrogens (tertiary/aromatic N) is 6. The predicted molar refractivity (Wildman–Crippen MR) is 121 cm³/mol. The van der Waals surface area contributed by atoms with Crippen LogP contribution in [0.2, 0.25) is 0 Å². The summed E-state index contributed by atoms with van der Waals surface area (Å²) in [6, 6.07) is 8.18. The van der Waals surface area contributed by atoms with Crippen molar-refractivity contribution in [1.82, 2.24) is 24.3 Å². The molecule has 0 bridgehead atoms. The maximum absolute atomic E-state index is 12.9. The number of amides is 1. The number of hydrogen-bond donors (Lipinski definition) is 2. The van der Waals surface area contributed by atoms with E-state index in [1.165, 1.54) is 36.4 Å². The van der Waals surface area contributed by atoms with Crippen LogP contribution in [-0.4, -0.2) is 53.6 Å². The predicted octanol–water partition coefficient (Wildman–Crippen LogP) is 4.53. The molecule has 0 saturated carbocycles. The van der Waals surface area contributed by atoms with Crippen molar-refractivity contribution < 1.29 is 32.6 Å². The molecule has 1 aromatic carbocycles. The standard InChI is InChI=1S/C20H16F3N7O3.C2H6/c1-28(32)10-13-8-18(25-11-24-13)33-14-3-4-15-12(7-14)5-6-30(15)19(31)26-17-9-16(20(21,22)23)29(2)27-17;1-2/h3-11H,1-2H3,(H-,24,25,26,27,31,32);1-2H3/p+1. The number of anilines is 1. The summed E-state index contributed by atoms with van der Waals surface area (Å²) < 4.78 is 47.3. The number of alkyl halides is 3. The molecule has 10 nitrogen and oxygen atoms in total. The molecule has 2 N–H and O–H groups in total. The number of ether oxygens (including phenoxy) is 1. The van der Waals surface area contributed by atoms with Crippen molar-refractivity contribution in [2.45, 2.75) is 20.0 Å². The monoisotopic (exact) mass is 490 g/mol. The number of halogens is 3. The van der Waals surface area contributed by atoms with Gasteiger partial charge in [-0.3, -0.25) is 19.8 Å². The Hall–Kier alpha value is -4.42. The quantitative estimate of drug-likeness (QED) is 0.188. The van der Waals surface area contributed by atoms with E-state index in [-0.39, 0.29) is 11.7 Å². The molecule has 184 valence electrons. The Morgan fingerprint density at radius 1 is 1.17 bits per heavy atom. The average molecular weight is 490 g/mol. The minimum atomic E-state index is -4.59. The van der Waals surface area contributed by atoms with Crippen LogP contribution in [0.5, 0.6) is 11.6 Å². The first-order valence-corrected chi connectivity index (χ1v) is 10.4. The van der Waals surface area contributed by atoms with Crippen LogP contribution < -0.4 is 10.1 Å². The zero-order chi connectivity index (χ0) is 25.8. The van der Waals surface area contributed by atoms with Crippen LogP contribution in [0.25, 0.3) is 10.9 Å². The number of benzene rings is 1. The smallest absolute Gasteiger partial charge is 0.433 e. The fourth-order valence-corrected chi connectivity index (χ4v) is 3.12. The van der Waals surface area contributed by atoms with Gasteiger partial charge < -0.3 is 4.74 Å². The van der Waals surface area contributed by atoms with Gasteiger partial charge in [-0.15, -0.1) is 0 Å². The van der Waals surface area contributed by atoms with E-state index >= 15 is 0 Å². The van der Waals surface area contributed by atoms with Crippen molar-refractivity contribution in [2.75, 3.05) is 12.4 Å². The van der Waals surface area contributed by atoms with Gasteiger partial charge in [0.25, 0.3) is 0 Å². The number of fused-ring (bicyclic) bond motifs is 1. The van der Waals surface area contributed by atoms with Gasteiger partial charge in [-0.2, -0.15) is 18.3 Å². The zero-order valence-electron chi connectivity index (χ0n) is 19.3. The number of aryl methyl sites for hydroxylation is 1. The largest absolute Gasteiger partial charge is 0.439 e. The van der Waals surface area contributed by atoms with Crippen LogP contribution in [0.4, 0.5) is 23.8 Å². The van der Waals surface area contributed by atoms with Gasteiger partial charge in [0.15, 0.2) is 12.9 Å². The van der Waals surface area contributed by atoms with Gasteiger partial charge in [-0.1, -0.05) is 13.8 Å². The maximum Gasteiger partial charge on any atom is 0.433 e. The Kier molecular flexibility index (Phi) is 7.37. The Morgan fingerprint density at radius 2 is 1.91 bits per heavy atom. The first-order chi connectivity index (χ1) is 16.6. The second-order valence-electron chi connectivity index (χ2n) is 6.96. The SMILES string of the molecule is CC.Cn1nc(NC(=O)n2ccc3cc(Oc4cc(/C=[N+](/C)O)ncn4)ccc32)cc1C(F)(F)F. The Bertz CT molecular complexity index is 1370. The van der Waals surface area contributed by atoms with Gasteiger partial charge in [0.1, 0.15) is 23.5 Å². The van der Waals surface area contributed by atoms with E-state index in [1.54, 1.807) is 24.3 Å². The summed E-state index contributed by atoms with van der Waals surface area (Å²) in [5, 5.41) is 16.0. The van der Waals surface area contributed by atoms with Crippen LogP contribution in [0.15, 0.2) is 48.9 Å².